The molecule has 2 rings (SSSR count). The van der Waals surface area contributed by atoms with Crippen LogP contribution in [0.3, 0.4) is 0 Å². The maximum Gasteiger partial charge on any atom is 0.254 e. The van der Waals surface area contributed by atoms with E-state index >= 15 is 0 Å². The number of carbonyl (C=O) groups is 1. The molecule has 0 saturated heterocycles. The lowest BCUT2D eigenvalue weighted by Gasteiger charge is -2.23. The lowest BCUT2D eigenvalue weighted by molar-refractivity contribution is 0.0998. The van der Waals surface area contributed by atoms with Gasteiger partial charge in [-0.1, -0.05) is 6.92 Å². The molecule has 0 unspecified atom stereocenters. The van der Waals surface area contributed by atoms with Crippen molar-refractivity contribution < 1.29 is 9.18 Å². The van der Waals surface area contributed by atoms with E-state index in [1.165, 1.54) is 12.3 Å². The number of aromatic nitrogens is 1. The summed E-state index contributed by atoms with van der Waals surface area (Å²) in [6.07, 6.45) is 2.29. The molecule has 23 heavy (non-hydrogen) atoms. The minimum atomic E-state index is -0.796. The van der Waals surface area contributed by atoms with Crippen molar-refractivity contribution in [3.63, 3.8) is 0 Å². The van der Waals surface area contributed by atoms with Crippen molar-refractivity contribution in [2.75, 3.05) is 18.0 Å². The number of benzene rings is 1. The van der Waals surface area contributed by atoms with Gasteiger partial charge in [-0.3, -0.25) is 9.59 Å². The molecule has 2 N–H and O–H groups in total. The predicted molar refractivity (Wildman–Crippen MR) is 90.5 cm³/mol. The van der Waals surface area contributed by atoms with Gasteiger partial charge in [-0.25, -0.2) is 4.39 Å². The highest BCUT2D eigenvalue weighted by molar-refractivity contribution is 5.96. The molecule has 0 spiro atoms. The van der Waals surface area contributed by atoms with Crippen LogP contribution in [0.25, 0.3) is 10.9 Å². The number of carbonyl (C=O) groups excluding carboxylic acids is 1. The van der Waals surface area contributed by atoms with Gasteiger partial charge in [0, 0.05) is 31.2 Å². The first-order chi connectivity index (χ1) is 10.9. The van der Waals surface area contributed by atoms with E-state index in [4.69, 9.17) is 5.73 Å². The minimum absolute atomic E-state index is 0.110. The van der Waals surface area contributed by atoms with Crippen LogP contribution >= 0.6 is 0 Å². The number of fused-ring (bicyclic) bond motifs is 1. The maximum atomic E-state index is 14.5. The summed E-state index contributed by atoms with van der Waals surface area (Å²) in [6.45, 7) is 7.82. The van der Waals surface area contributed by atoms with Crippen LogP contribution in [0.15, 0.2) is 23.1 Å². The number of primary amides is 1. The molecule has 1 heterocycles. The maximum absolute atomic E-state index is 14.5. The highest BCUT2D eigenvalue weighted by atomic mass is 19.1. The van der Waals surface area contributed by atoms with Crippen molar-refractivity contribution in [1.29, 1.82) is 0 Å². The molecule has 1 aromatic heterocycles. The number of nitrogens with two attached hydrogens (primary N) is 1. The van der Waals surface area contributed by atoms with Gasteiger partial charge in [0.1, 0.15) is 11.4 Å². The van der Waals surface area contributed by atoms with E-state index in [1.54, 1.807) is 10.6 Å². The Morgan fingerprint density at radius 2 is 1.91 bits per heavy atom. The van der Waals surface area contributed by atoms with Crippen LogP contribution < -0.4 is 16.1 Å². The van der Waals surface area contributed by atoms with E-state index in [1.807, 2.05) is 25.7 Å². The van der Waals surface area contributed by atoms with E-state index in [0.717, 1.165) is 6.42 Å². The molecule has 0 aliphatic rings. The molecular formula is C17H22FN3O2. The fourth-order valence-corrected chi connectivity index (χ4v) is 2.81. The largest absolute Gasteiger partial charge is 0.370 e. The average Bonchev–Trinajstić information content (AvgIpc) is 2.52. The second kappa shape index (κ2) is 6.81. The molecule has 124 valence electrons. The van der Waals surface area contributed by atoms with Gasteiger partial charge in [0.05, 0.1) is 11.2 Å². The van der Waals surface area contributed by atoms with Crippen LogP contribution in [-0.2, 0) is 6.54 Å². The number of amides is 1. The third-order valence-corrected chi connectivity index (χ3v) is 3.98. The molecule has 0 atom stereocenters. The minimum Gasteiger partial charge on any atom is -0.370 e. The lowest BCUT2D eigenvalue weighted by Crippen LogP contribution is -2.26. The molecular weight excluding hydrogens is 297 g/mol. The number of hydrogen-bond acceptors (Lipinski definition) is 3. The van der Waals surface area contributed by atoms with Crippen molar-refractivity contribution >= 4 is 22.5 Å². The zero-order valence-corrected chi connectivity index (χ0v) is 13.7. The molecule has 1 aromatic carbocycles. The van der Waals surface area contributed by atoms with Gasteiger partial charge in [-0.2, -0.15) is 0 Å². The first-order valence-electron chi connectivity index (χ1n) is 7.85. The quantitative estimate of drug-likeness (QED) is 0.889. The van der Waals surface area contributed by atoms with Crippen molar-refractivity contribution in [3.05, 3.63) is 39.9 Å². The Hall–Kier alpha value is -2.37. The van der Waals surface area contributed by atoms with Gasteiger partial charge in [-0.05, 0) is 32.4 Å². The summed E-state index contributed by atoms with van der Waals surface area (Å²) in [5, 5.41) is 0.183. The SMILES string of the molecule is CCCn1cc(C(N)=O)c(=O)c2cc(F)c(N(CC)CC)cc21. The molecule has 2 aromatic rings. The lowest BCUT2D eigenvalue weighted by atomic mass is 10.1. The summed E-state index contributed by atoms with van der Waals surface area (Å²) in [4.78, 5) is 25.8. The van der Waals surface area contributed by atoms with Crippen LogP contribution in [0.1, 0.15) is 37.6 Å². The van der Waals surface area contributed by atoms with Gasteiger partial charge in [0.2, 0.25) is 5.43 Å². The predicted octanol–water partition coefficient (Wildman–Crippen LogP) is 2.50. The van der Waals surface area contributed by atoms with E-state index in [0.29, 0.717) is 30.8 Å². The van der Waals surface area contributed by atoms with E-state index in [9.17, 15) is 14.0 Å². The fourth-order valence-electron chi connectivity index (χ4n) is 2.81. The standard InChI is InChI=1S/C17H22FN3O2/c1-4-7-21-10-12(17(19)23)16(22)11-8-13(18)15(9-14(11)21)20(5-2)6-3/h8-10H,4-7H2,1-3H3,(H2,19,23). The fraction of sp³-hybridized carbons (Fsp3) is 0.412. The summed E-state index contributed by atoms with van der Waals surface area (Å²) in [7, 11) is 0. The number of hydrogen-bond donors (Lipinski definition) is 1. The Morgan fingerprint density at radius 3 is 2.43 bits per heavy atom. The number of pyridine rings is 1. The second-order valence-electron chi connectivity index (χ2n) is 5.42. The zero-order valence-electron chi connectivity index (χ0n) is 13.7. The smallest absolute Gasteiger partial charge is 0.254 e. The van der Waals surface area contributed by atoms with Crippen LogP contribution in [0.5, 0.6) is 0 Å². The summed E-state index contributed by atoms with van der Waals surface area (Å²) < 4.78 is 16.3. The summed E-state index contributed by atoms with van der Waals surface area (Å²) >= 11 is 0. The van der Waals surface area contributed by atoms with Gasteiger partial charge < -0.3 is 15.2 Å². The monoisotopic (exact) mass is 319 g/mol. The zero-order chi connectivity index (χ0) is 17.1. The van der Waals surface area contributed by atoms with E-state index in [2.05, 4.69) is 0 Å². The van der Waals surface area contributed by atoms with Crippen LogP contribution in [0, 0.1) is 5.82 Å². The Bertz CT molecular complexity index is 795. The summed E-state index contributed by atoms with van der Waals surface area (Å²) in [5.74, 6) is -1.27. The van der Waals surface area contributed by atoms with Gasteiger partial charge in [0.15, 0.2) is 0 Å². The van der Waals surface area contributed by atoms with E-state index < -0.39 is 17.2 Å². The molecule has 6 heteroatoms. The molecule has 0 aliphatic carbocycles. The number of rotatable bonds is 6. The Kier molecular flexibility index (Phi) is 5.03. The normalized spacial score (nSPS) is 11.0. The highest BCUT2D eigenvalue weighted by Gasteiger charge is 2.17. The first-order valence-corrected chi connectivity index (χ1v) is 7.85. The summed E-state index contributed by atoms with van der Waals surface area (Å²) in [6, 6.07) is 2.89. The summed E-state index contributed by atoms with van der Waals surface area (Å²) in [5.41, 5.74) is 5.72. The second-order valence-corrected chi connectivity index (χ2v) is 5.42. The van der Waals surface area contributed by atoms with Gasteiger partial charge in [0.25, 0.3) is 5.91 Å². The number of aryl methyl sites for hydroxylation is 1. The molecule has 0 radical (unpaired) electrons. The molecule has 0 fully saturated rings. The van der Waals surface area contributed by atoms with Crippen LogP contribution in [-0.4, -0.2) is 23.6 Å². The Labute approximate surface area is 134 Å². The number of anilines is 1. The average molecular weight is 319 g/mol. The van der Waals surface area contributed by atoms with Crippen LogP contribution in [0.4, 0.5) is 10.1 Å². The van der Waals surface area contributed by atoms with Crippen molar-refractivity contribution in [1.82, 2.24) is 4.57 Å². The number of nitrogens with zero attached hydrogens (tertiary/aromatic N) is 2. The van der Waals surface area contributed by atoms with Crippen molar-refractivity contribution in [2.24, 2.45) is 5.73 Å². The van der Waals surface area contributed by atoms with E-state index in [-0.39, 0.29) is 10.9 Å². The van der Waals surface area contributed by atoms with Crippen LogP contribution in [0.2, 0.25) is 0 Å². The molecule has 1 amide bonds. The van der Waals surface area contributed by atoms with Crippen molar-refractivity contribution in [2.45, 2.75) is 33.7 Å². The molecule has 0 aliphatic heterocycles. The first kappa shape index (κ1) is 17.0. The molecule has 5 nitrogen and oxygen atoms in total. The Morgan fingerprint density at radius 1 is 1.26 bits per heavy atom. The number of halogens is 1. The third kappa shape index (κ3) is 3.06. The van der Waals surface area contributed by atoms with Gasteiger partial charge in [-0.15, -0.1) is 0 Å². The van der Waals surface area contributed by atoms with Crippen molar-refractivity contribution in [3.8, 4) is 0 Å². The molecule has 0 saturated carbocycles. The molecule has 0 bridgehead atoms. The third-order valence-electron chi connectivity index (χ3n) is 3.98. The Balaban J connectivity index is 2.84. The van der Waals surface area contributed by atoms with Gasteiger partial charge >= 0.3 is 0 Å². The topological polar surface area (TPSA) is 68.3 Å². The highest BCUT2D eigenvalue weighted by Crippen LogP contribution is 2.25.